The molecule has 0 spiro atoms. The Balaban J connectivity index is 1.63. The van der Waals surface area contributed by atoms with Gasteiger partial charge in [0, 0.05) is 51.4 Å². The second-order valence-corrected chi connectivity index (χ2v) is 4.79. The average Bonchev–Trinajstić information content (AvgIpc) is 2.47. The Labute approximate surface area is 118 Å². The fourth-order valence-electron chi connectivity index (χ4n) is 2.13. The van der Waals surface area contributed by atoms with Gasteiger partial charge in [0.25, 0.3) is 5.56 Å². The molecule has 6 heteroatoms. The van der Waals surface area contributed by atoms with Gasteiger partial charge in [-0.3, -0.25) is 14.5 Å². The molecule has 1 aliphatic rings. The van der Waals surface area contributed by atoms with Gasteiger partial charge in [-0.05, 0) is 6.07 Å². The molecule has 0 aliphatic carbocycles. The molecule has 0 radical (unpaired) electrons. The summed E-state index contributed by atoms with van der Waals surface area (Å²) in [7, 11) is 0. The van der Waals surface area contributed by atoms with Crippen LogP contribution in [-0.4, -0.2) is 54.8 Å². The summed E-state index contributed by atoms with van der Waals surface area (Å²) in [5, 5.41) is 2.88. The maximum Gasteiger partial charge on any atom is 0.250 e. The quantitative estimate of drug-likeness (QED) is 0.775. The highest BCUT2D eigenvalue weighted by Crippen LogP contribution is 1.95. The topological polar surface area (TPSA) is 63.6 Å². The Morgan fingerprint density at radius 3 is 2.80 bits per heavy atom. The largest absolute Gasteiger partial charge is 0.379 e. The van der Waals surface area contributed by atoms with Crippen molar-refractivity contribution in [2.75, 3.05) is 39.4 Å². The molecule has 2 rings (SSSR count). The number of nitrogens with zero attached hydrogens (tertiary/aromatic N) is 2. The third kappa shape index (κ3) is 4.79. The first-order valence-electron chi connectivity index (χ1n) is 6.98. The van der Waals surface area contributed by atoms with Crippen LogP contribution in [-0.2, 0) is 16.1 Å². The van der Waals surface area contributed by atoms with Crippen LogP contribution >= 0.6 is 0 Å². The Morgan fingerprint density at radius 1 is 1.25 bits per heavy atom. The maximum absolute atomic E-state index is 11.7. The minimum Gasteiger partial charge on any atom is -0.379 e. The molecule has 1 aromatic rings. The van der Waals surface area contributed by atoms with Crippen LogP contribution in [0, 0.1) is 0 Å². The predicted octanol–water partition coefficient (Wildman–Crippen LogP) is -0.313. The molecule has 1 amide bonds. The molecule has 6 nitrogen and oxygen atoms in total. The standard InChI is InChI=1S/C14H21N3O3/c18-13(4-7-17-6-2-1-3-14(17)19)15-5-8-16-9-11-20-12-10-16/h1-3,6H,4-5,7-12H2,(H,15,18). The van der Waals surface area contributed by atoms with Crippen LogP contribution in [0.15, 0.2) is 29.2 Å². The molecule has 1 aliphatic heterocycles. The lowest BCUT2D eigenvalue weighted by atomic mass is 10.3. The maximum atomic E-state index is 11.7. The number of aromatic nitrogens is 1. The van der Waals surface area contributed by atoms with Crippen LogP contribution in [0.1, 0.15) is 6.42 Å². The summed E-state index contributed by atoms with van der Waals surface area (Å²) in [4.78, 5) is 25.4. The van der Waals surface area contributed by atoms with Crippen LogP contribution in [0.2, 0.25) is 0 Å². The molecule has 110 valence electrons. The summed E-state index contributed by atoms with van der Waals surface area (Å²) in [6.45, 7) is 5.30. The van der Waals surface area contributed by atoms with Crippen molar-refractivity contribution in [3.8, 4) is 0 Å². The van der Waals surface area contributed by atoms with Crippen molar-refractivity contribution < 1.29 is 9.53 Å². The van der Waals surface area contributed by atoms with Crippen molar-refractivity contribution in [2.24, 2.45) is 0 Å². The number of rotatable bonds is 6. The van der Waals surface area contributed by atoms with E-state index in [0.29, 0.717) is 19.5 Å². The summed E-state index contributed by atoms with van der Waals surface area (Å²) in [5.41, 5.74) is -0.0754. The van der Waals surface area contributed by atoms with E-state index >= 15 is 0 Å². The van der Waals surface area contributed by atoms with Crippen LogP contribution in [0.3, 0.4) is 0 Å². The molecule has 1 saturated heterocycles. The molecule has 0 saturated carbocycles. The third-order valence-corrected chi connectivity index (χ3v) is 3.33. The van der Waals surface area contributed by atoms with Crippen LogP contribution in [0.4, 0.5) is 0 Å². The zero-order chi connectivity index (χ0) is 14.2. The van der Waals surface area contributed by atoms with Gasteiger partial charge >= 0.3 is 0 Å². The molecule has 1 aromatic heterocycles. The smallest absolute Gasteiger partial charge is 0.250 e. The first-order valence-corrected chi connectivity index (χ1v) is 6.98. The number of aryl methyl sites for hydroxylation is 1. The molecule has 2 heterocycles. The normalized spacial score (nSPS) is 16.0. The van der Waals surface area contributed by atoms with E-state index < -0.39 is 0 Å². The number of carbonyl (C=O) groups excluding carboxylic acids is 1. The van der Waals surface area contributed by atoms with E-state index in [0.717, 1.165) is 32.8 Å². The first-order chi connectivity index (χ1) is 9.75. The summed E-state index contributed by atoms with van der Waals surface area (Å²) in [5.74, 6) is -0.0194. The third-order valence-electron chi connectivity index (χ3n) is 3.33. The molecular formula is C14H21N3O3. The molecule has 20 heavy (non-hydrogen) atoms. The van der Waals surface area contributed by atoms with Gasteiger partial charge in [0.15, 0.2) is 0 Å². The van der Waals surface area contributed by atoms with Crippen LogP contribution in [0.5, 0.6) is 0 Å². The molecule has 1 N–H and O–H groups in total. The van der Waals surface area contributed by atoms with Gasteiger partial charge in [-0.1, -0.05) is 6.07 Å². The van der Waals surface area contributed by atoms with E-state index in [1.807, 2.05) is 0 Å². The van der Waals surface area contributed by atoms with Gasteiger partial charge in [0.05, 0.1) is 13.2 Å². The van der Waals surface area contributed by atoms with E-state index in [4.69, 9.17) is 4.74 Å². The van der Waals surface area contributed by atoms with Crippen molar-refractivity contribution in [3.05, 3.63) is 34.7 Å². The van der Waals surface area contributed by atoms with Gasteiger partial charge in [0.2, 0.25) is 5.91 Å². The summed E-state index contributed by atoms with van der Waals surface area (Å²) >= 11 is 0. The lowest BCUT2D eigenvalue weighted by Crippen LogP contribution is -2.41. The van der Waals surface area contributed by atoms with E-state index in [1.54, 1.807) is 22.9 Å². The second-order valence-electron chi connectivity index (χ2n) is 4.79. The minimum absolute atomic E-state index is 0.0194. The Hall–Kier alpha value is -1.66. The summed E-state index contributed by atoms with van der Waals surface area (Å²) in [6, 6.07) is 4.98. The molecule has 0 atom stereocenters. The van der Waals surface area contributed by atoms with Gasteiger partial charge < -0.3 is 14.6 Å². The highest BCUT2D eigenvalue weighted by molar-refractivity contribution is 5.75. The van der Waals surface area contributed by atoms with Crippen molar-refractivity contribution in [1.29, 1.82) is 0 Å². The lowest BCUT2D eigenvalue weighted by Gasteiger charge is -2.26. The molecular weight excluding hydrogens is 258 g/mol. The fourth-order valence-corrected chi connectivity index (χ4v) is 2.13. The van der Waals surface area contributed by atoms with Gasteiger partial charge in [0.1, 0.15) is 0 Å². The highest BCUT2D eigenvalue weighted by atomic mass is 16.5. The van der Waals surface area contributed by atoms with Gasteiger partial charge in [-0.25, -0.2) is 0 Å². The number of hydrogen-bond donors (Lipinski definition) is 1. The lowest BCUT2D eigenvalue weighted by molar-refractivity contribution is -0.121. The predicted molar refractivity (Wildman–Crippen MR) is 75.6 cm³/mol. The van der Waals surface area contributed by atoms with Crippen molar-refractivity contribution in [1.82, 2.24) is 14.8 Å². The zero-order valence-corrected chi connectivity index (χ0v) is 11.6. The molecule has 0 bridgehead atoms. The van der Waals surface area contributed by atoms with Gasteiger partial charge in [-0.15, -0.1) is 0 Å². The monoisotopic (exact) mass is 279 g/mol. The second kappa shape index (κ2) is 7.81. The number of carbonyl (C=O) groups is 1. The number of ether oxygens (including phenoxy) is 1. The fraction of sp³-hybridized carbons (Fsp3) is 0.571. The number of nitrogens with one attached hydrogen (secondary N) is 1. The van der Waals surface area contributed by atoms with Crippen molar-refractivity contribution in [3.63, 3.8) is 0 Å². The van der Waals surface area contributed by atoms with E-state index in [9.17, 15) is 9.59 Å². The van der Waals surface area contributed by atoms with E-state index in [-0.39, 0.29) is 11.5 Å². The number of pyridine rings is 1. The SMILES string of the molecule is O=C(CCn1ccccc1=O)NCCN1CCOCC1. The Kier molecular flexibility index (Phi) is 5.76. The molecule has 0 unspecified atom stereocenters. The highest BCUT2D eigenvalue weighted by Gasteiger charge is 2.10. The molecule has 1 fully saturated rings. The van der Waals surface area contributed by atoms with E-state index in [2.05, 4.69) is 10.2 Å². The minimum atomic E-state index is -0.0754. The van der Waals surface area contributed by atoms with Gasteiger partial charge in [-0.2, -0.15) is 0 Å². The number of morpholine rings is 1. The van der Waals surface area contributed by atoms with Crippen molar-refractivity contribution in [2.45, 2.75) is 13.0 Å². The average molecular weight is 279 g/mol. The Morgan fingerprint density at radius 2 is 2.05 bits per heavy atom. The number of amides is 1. The van der Waals surface area contributed by atoms with E-state index in [1.165, 1.54) is 6.07 Å². The van der Waals surface area contributed by atoms with Crippen molar-refractivity contribution >= 4 is 5.91 Å². The number of hydrogen-bond acceptors (Lipinski definition) is 4. The Bertz CT molecular complexity index is 481. The first kappa shape index (κ1) is 14.7. The summed E-state index contributed by atoms with van der Waals surface area (Å²) in [6.07, 6.45) is 2.02. The zero-order valence-electron chi connectivity index (χ0n) is 11.6. The van der Waals surface area contributed by atoms with Crippen LogP contribution < -0.4 is 10.9 Å². The summed E-state index contributed by atoms with van der Waals surface area (Å²) < 4.78 is 6.81. The molecule has 0 aromatic carbocycles. The van der Waals surface area contributed by atoms with Crippen LogP contribution in [0.25, 0.3) is 0 Å².